The number of aromatic nitrogens is 3. The van der Waals surface area contributed by atoms with Gasteiger partial charge in [0.2, 0.25) is 0 Å². The van der Waals surface area contributed by atoms with Gasteiger partial charge in [-0.25, -0.2) is 4.98 Å². The number of ether oxygens (including phenoxy) is 1. The van der Waals surface area contributed by atoms with E-state index < -0.39 is 0 Å². The summed E-state index contributed by atoms with van der Waals surface area (Å²) in [7, 11) is 0. The van der Waals surface area contributed by atoms with Gasteiger partial charge in [-0.15, -0.1) is 0 Å². The number of phenolic OH excluding ortho intramolecular Hbond substituents is 2. The van der Waals surface area contributed by atoms with E-state index in [-0.39, 0.29) is 28.9 Å². The summed E-state index contributed by atoms with van der Waals surface area (Å²) in [5.41, 5.74) is 0.973. The number of phenols is 2. The Morgan fingerprint density at radius 2 is 1.37 bits per heavy atom. The van der Waals surface area contributed by atoms with Crippen molar-refractivity contribution in [2.24, 2.45) is 5.92 Å². The molecule has 5 aromatic carbocycles. The van der Waals surface area contributed by atoms with E-state index in [4.69, 9.17) is 14.7 Å². The van der Waals surface area contributed by atoms with Gasteiger partial charge in [0, 0.05) is 5.56 Å². The SMILES string of the molecule is CCCCC(CC)COc1nc(-c2c(O)cccc2O)nc(-c2cc3c4ccccc4ccc3c3ccccc23)n1. The monoisotopic (exact) mass is 543 g/mol. The van der Waals surface area contributed by atoms with E-state index in [1.54, 1.807) is 6.07 Å². The highest BCUT2D eigenvalue weighted by molar-refractivity contribution is 6.20. The van der Waals surface area contributed by atoms with Gasteiger partial charge in [0.1, 0.15) is 17.1 Å². The molecule has 1 aromatic heterocycles. The zero-order valence-electron chi connectivity index (χ0n) is 23.3. The molecular weight excluding hydrogens is 510 g/mol. The number of hydrogen-bond acceptors (Lipinski definition) is 6. The molecule has 2 N–H and O–H groups in total. The molecule has 0 aliphatic carbocycles. The van der Waals surface area contributed by atoms with E-state index in [9.17, 15) is 10.2 Å². The van der Waals surface area contributed by atoms with Crippen molar-refractivity contribution >= 4 is 32.3 Å². The van der Waals surface area contributed by atoms with Gasteiger partial charge in [-0.1, -0.05) is 99.8 Å². The van der Waals surface area contributed by atoms with Gasteiger partial charge in [-0.05, 0) is 62.9 Å². The van der Waals surface area contributed by atoms with Crippen molar-refractivity contribution in [3.63, 3.8) is 0 Å². The normalized spacial score (nSPS) is 12.2. The van der Waals surface area contributed by atoms with Gasteiger partial charge < -0.3 is 14.9 Å². The minimum atomic E-state index is -0.114. The third-order valence-corrected chi connectivity index (χ3v) is 7.86. The van der Waals surface area contributed by atoms with E-state index in [1.165, 1.54) is 12.1 Å². The van der Waals surface area contributed by atoms with Gasteiger partial charge in [0.25, 0.3) is 0 Å². The average molecular weight is 544 g/mol. The summed E-state index contributed by atoms with van der Waals surface area (Å²) in [5.74, 6) is 0.725. The van der Waals surface area contributed by atoms with Crippen LogP contribution in [0.5, 0.6) is 17.5 Å². The first kappa shape index (κ1) is 26.5. The molecule has 1 heterocycles. The summed E-state index contributed by atoms with van der Waals surface area (Å²) in [6.45, 7) is 4.84. The summed E-state index contributed by atoms with van der Waals surface area (Å²) in [4.78, 5) is 14.2. The Balaban J connectivity index is 1.58. The van der Waals surface area contributed by atoms with E-state index >= 15 is 0 Å². The van der Waals surface area contributed by atoms with Crippen molar-refractivity contribution in [2.45, 2.75) is 39.5 Å². The Labute approximate surface area is 239 Å². The first-order chi connectivity index (χ1) is 20.1. The lowest BCUT2D eigenvalue weighted by Crippen LogP contribution is -2.13. The molecule has 1 unspecified atom stereocenters. The largest absolute Gasteiger partial charge is 0.507 e. The Bertz CT molecular complexity index is 1850. The van der Waals surface area contributed by atoms with Crippen LogP contribution in [0, 0.1) is 5.92 Å². The molecular formula is C35H33N3O3. The highest BCUT2D eigenvalue weighted by Crippen LogP contribution is 2.40. The van der Waals surface area contributed by atoms with Crippen LogP contribution in [-0.4, -0.2) is 31.8 Å². The highest BCUT2D eigenvalue weighted by Gasteiger charge is 2.20. The molecule has 206 valence electrons. The second kappa shape index (κ2) is 11.4. The number of unbranched alkanes of at least 4 members (excludes halogenated alkanes) is 1. The molecule has 6 nitrogen and oxygen atoms in total. The number of benzene rings is 5. The number of fused-ring (bicyclic) bond motifs is 5. The van der Waals surface area contributed by atoms with Crippen molar-refractivity contribution in [1.29, 1.82) is 0 Å². The van der Waals surface area contributed by atoms with Gasteiger partial charge in [-0.3, -0.25) is 0 Å². The quantitative estimate of drug-likeness (QED) is 0.177. The van der Waals surface area contributed by atoms with Crippen LogP contribution in [0.15, 0.2) is 84.9 Å². The van der Waals surface area contributed by atoms with Gasteiger partial charge >= 0.3 is 6.01 Å². The number of nitrogens with zero attached hydrogens (tertiary/aromatic N) is 3. The molecule has 41 heavy (non-hydrogen) atoms. The molecule has 0 spiro atoms. The lowest BCUT2D eigenvalue weighted by atomic mass is 9.93. The Hall–Kier alpha value is -4.71. The lowest BCUT2D eigenvalue weighted by Gasteiger charge is -2.16. The number of hydrogen-bond donors (Lipinski definition) is 2. The zero-order chi connectivity index (χ0) is 28.3. The van der Waals surface area contributed by atoms with Crippen LogP contribution >= 0.6 is 0 Å². The highest BCUT2D eigenvalue weighted by atomic mass is 16.5. The molecule has 1 atom stereocenters. The first-order valence-electron chi connectivity index (χ1n) is 14.3. The Morgan fingerprint density at radius 1 is 0.683 bits per heavy atom. The summed E-state index contributed by atoms with van der Waals surface area (Å²) in [6, 6.07) is 27.8. The molecule has 0 saturated carbocycles. The fourth-order valence-corrected chi connectivity index (χ4v) is 5.55. The third-order valence-electron chi connectivity index (χ3n) is 7.86. The molecule has 0 fully saturated rings. The minimum absolute atomic E-state index is 0.114. The fraction of sp³-hybridized carbons (Fsp3) is 0.229. The van der Waals surface area contributed by atoms with Crippen molar-refractivity contribution in [2.75, 3.05) is 6.61 Å². The van der Waals surface area contributed by atoms with Crippen molar-refractivity contribution < 1.29 is 14.9 Å². The maximum Gasteiger partial charge on any atom is 0.320 e. The number of rotatable bonds is 9. The van der Waals surface area contributed by atoms with E-state index in [1.807, 2.05) is 24.3 Å². The van der Waals surface area contributed by atoms with Crippen LogP contribution in [0.25, 0.3) is 55.1 Å². The second-order valence-electron chi connectivity index (χ2n) is 10.5. The average Bonchev–Trinajstić information content (AvgIpc) is 3.00. The standard InChI is InChI=1S/C35H33N3O3/c1-3-5-11-22(4-2)21-41-35-37-33(36-34(38-35)32-30(39)16-10-17-31(32)40)29-20-28-24-13-7-6-12-23(24)18-19-27(28)25-14-8-9-15-26(25)29/h6-10,12-20,22,39-40H,3-5,11,21H2,1-2H3. The van der Waals surface area contributed by atoms with E-state index in [0.29, 0.717) is 18.3 Å². The summed E-state index contributed by atoms with van der Waals surface area (Å²) < 4.78 is 6.20. The summed E-state index contributed by atoms with van der Waals surface area (Å²) >= 11 is 0. The first-order valence-corrected chi connectivity index (χ1v) is 14.3. The lowest BCUT2D eigenvalue weighted by molar-refractivity contribution is 0.217. The van der Waals surface area contributed by atoms with Crippen LogP contribution in [0.4, 0.5) is 0 Å². The molecule has 0 aliphatic heterocycles. The van der Waals surface area contributed by atoms with Crippen molar-refractivity contribution in [1.82, 2.24) is 15.0 Å². The third kappa shape index (κ3) is 5.13. The van der Waals surface area contributed by atoms with Gasteiger partial charge in [0.05, 0.1) is 6.61 Å². The van der Waals surface area contributed by atoms with Crippen LogP contribution in [0.1, 0.15) is 39.5 Å². The maximum atomic E-state index is 10.7. The molecule has 6 aromatic rings. The van der Waals surface area contributed by atoms with Crippen LogP contribution in [-0.2, 0) is 0 Å². The predicted molar refractivity (Wildman–Crippen MR) is 165 cm³/mol. The summed E-state index contributed by atoms with van der Waals surface area (Å²) in [6.07, 6.45) is 4.33. The fourth-order valence-electron chi connectivity index (χ4n) is 5.55. The molecule has 0 bridgehead atoms. The molecule has 6 rings (SSSR count). The minimum Gasteiger partial charge on any atom is -0.507 e. The van der Waals surface area contributed by atoms with Crippen molar-refractivity contribution in [3.8, 4) is 40.3 Å². The topological polar surface area (TPSA) is 88.4 Å². The molecule has 0 radical (unpaired) electrons. The zero-order valence-corrected chi connectivity index (χ0v) is 23.3. The van der Waals surface area contributed by atoms with Gasteiger partial charge in [0.15, 0.2) is 11.6 Å². The van der Waals surface area contributed by atoms with Crippen LogP contribution < -0.4 is 4.74 Å². The number of aromatic hydroxyl groups is 2. The Morgan fingerprint density at radius 3 is 2.12 bits per heavy atom. The van der Waals surface area contributed by atoms with Crippen LogP contribution in [0.2, 0.25) is 0 Å². The molecule has 6 heteroatoms. The van der Waals surface area contributed by atoms with E-state index in [0.717, 1.165) is 63.6 Å². The smallest absolute Gasteiger partial charge is 0.320 e. The maximum absolute atomic E-state index is 10.7. The van der Waals surface area contributed by atoms with Crippen LogP contribution in [0.3, 0.4) is 0 Å². The van der Waals surface area contributed by atoms with Gasteiger partial charge in [-0.2, -0.15) is 9.97 Å². The molecule has 0 amide bonds. The second-order valence-corrected chi connectivity index (χ2v) is 10.5. The van der Waals surface area contributed by atoms with Crippen molar-refractivity contribution in [3.05, 3.63) is 84.9 Å². The predicted octanol–water partition coefficient (Wildman–Crippen LogP) is 8.67. The summed E-state index contributed by atoms with van der Waals surface area (Å²) in [5, 5.41) is 28.0. The van der Waals surface area contributed by atoms with E-state index in [2.05, 4.69) is 61.3 Å². The molecule has 0 aliphatic rings. The molecule has 0 saturated heterocycles. The Kier molecular flexibility index (Phi) is 7.38.